The summed E-state index contributed by atoms with van der Waals surface area (Å²) in [4.78, 5) is 0.0732. The van der Waals surface area contributed by atoms with Gasteiger partial charge in [-0.2, -0.15) is 4.31 Å². The lowest BCUT2D eigenvalue weighted by atomic mass is 9.97. The third-order valence-electron chi connectivity index (χ3n) is 3.77. The van der Waals surface area contributed by atoms with Crippen molar-refractivity contribution < 1.29 is 12.8 Å². The Balaban J connectivity index is 2.27. The van der Waals surface area contributed by atoms with E-state index in [0.29, 0.717) is 30.5 Å². The summed E-state index contributed by atoms with van der Waals surface area (Å²) in [6.45, 7) is 2.66. The van der Waals surface area contributed by atoms with Crippen molar-refractivity contribution in [3.05, 3.63) is 29.6 Å². The highest BCUT2D eigenvalue weighted by molar-refractivity contribution is 7.89. The number of halogens is 2. The summed E-state index contributed by atoms with van der Waals surface area (Å²) < 4.78 is 40.1. The van der Waals surface area contributed by atoms with E-state index in [-0.39, 0.29) is 4.90 Å². The molecule has 3 nitrogen and oxygen atoms in total. The zero-order chi connectivity index (χ0) is 14.8. The van der Waals surface area contributed by atoms with E-state index >= 15 is 0 Å². The molecular weight excluding hydrogens is 301 g/mol. The molecule has 0 bridgehead atoms. The van der Waals surface area contributed by atoms with Crippen LogP contribution >= 0.6 is 11.6 Å². The van der Waals surface area contributed by atoms with Gasteiger partial charge in [-0.05, 0) is 49.8 Å². The van der Waals surface area contributed by atoms with Gasteiger partial charge in [0.1, 0.15) is 5.82 Å². The number of piperidine rings is 1. The zero-order valence-electron chi connectivity index (χ0n) is 11.5. The van der Waals surface area contributed by atoms with Crippen LogP contribution in [0.3, 0.4) is 0 Å². The normalized spacial score (nSPS) is 21.1. The standard InChI is InChI=1S/C14H19ClFNO2S/c1-11-4-5-13(16)9-14(11)20(18,19)17-8-2-3-12(10-17)6-7-15/h4-5,9,12H,2-3,6-8,10H2,1H3. The maximum atomic E-state index is 13.3. The molecule has 0 N–H and O–H groups in total. The second kappa shape index (κ2) is 6.41. The molecule has 1 aliphatic rings. The highest BCUT2D eigenvalue weighted by Gasteiger charge is 2.31. The lowest BCUT2D eigenvalue weighted by molar-refractivity contribution is 0.262. The molecule has 0 aromatic heterocycles. The lowest BCUT2D eigenvalue weighted by Crippen LogP contribution is -2.40. The topological polar surface area (TPSA) is 37.4 Å². The maximum Gasteiger partial charge on any atom is 0.243 e. The molecule has 20 heavy (non-hydrogen) atoms. The molecule has 2 rings (SSSR count). The second-order valence-corrected chi connectivity index (χ2v) is 7.54. The summed E-state index contributed by atoms with van der Waals surface area (Å²) in [5, 5.41) is 0. The van der Waals surface area contributed by atoms with Crippen LogP contribution in [0.4, 0.5) is 4.39 Å². The van der Waals surface area contributed by atoms with E-state index in [1.165, 1.54) is 16.4 Å². The number of rotatable bonds is 4. The van der Waals surface area contributed by atoms with Gasteiger partial charge in [0, 0.05) is 19.0 Å². The van der Waals surface area contributed by atoms with Gasteiger partial charge < -0.3 is 0 Å². The summed E-state index contributed by atoms with van der Waals surface area (Å²) in [5.41, 5.74) is 0.575. The number of aryl methyl sites for hydroxylation is 1. The summed E-state index contributed by atoms with van der Waals surface area (Å²) in [5.74, 6) is 0.311. The van der Waals surface area contributed by atoms with Crippen LogP contribution in [0, 0.1) is 18.7 Å². The van der Waals surface area contributed by atoms with Gasteiger partial charge in [-0.15, -0.1) is 11.6 Å². The van der Waals surface area contributed by atoms with Gasteiger partial charge in [-0.1, -0.05) is 6.07 Å². The molecule has 6 heteroatoms. The van der Waals surface area contributed by atoms with Crippen molar-refractivity contribution >= 4 is 21.6 Å². The van der Waals surface area contributed by atoms with E-state index in [9.17, 15) is 12.8 Å². The summed E-state index contributed by atoms with van der Waals surface area (Å²) >= 11 is 5.74. The molecule has 1 saturated heterocycles. The number of nitrogens with zero attached hydrogens (tertiary/aromatic N) is 1. The highest BCUT2D eigenvalue weighted by atomic mass is 35.5. The Morgan fingerprint density at radius 3 is 2.90 bits per heavy atom. The Kier molecular flexibility index (Phi) is 5.04. The van der Waals surface area contributed by atoms with Crippen LogP contribution in [0.1, 0.15) is 24.8 Å². The number of hydrogen-bond donors (Lipinski definition) is 0. The third-order valence-corrected chi connectivity index (χ3v) is 5.99. The Morgan fingerprint density at radius 2 is 2.20 bits per heavy atom. The SMILES string of the molecule is Cc1ccc(F)cc1S(=O)(=O)N1CCCC(CCCl)C1. The Morgan fingerprint density at radius 1 is 1.45 bits per heavy atom. The maximum absolute atomic E-state index is 13.3. The smallest absolute Gasteiger partial charge is 0.207 e. The van der Waals surface area contributed by atoms with Gasteiger partial charge >= 0.3 is 0 Å². The molecule has 1 unspecified atom stereocenters. The van der Waals surface area contributed by atoms with Crippen LogP contribution in [0.25, 0.3) is 0 Å². The molecule has 0 radical (unpaired) electrons. The number of benzene rings is 1. The monoisotopic (exact) mass is 319 g/mol. The first-order chi connectivity index (χ1) is 9.45. The van der Waals surface area contributed by atoms with Crippen LogP contribution in [0.2, 0.25) is 0 Å². The van der Waals surface area contributed by atoms with Gasteiger partial charge in [-0.3, -0.25) is 0 Å². The fourth-order valence-electron chi connectivity index (χ4n) is 2.63. The average molecular weight is 320 g/mol. The van der Waals surface area contributed by atoms with Gasteiger partial charge in [0.05, 0.1) is 4.90 Å². The van der Waals surface area contributed by atoms with E-state index in [0.717, 1.165) is 25.3 Å². The van der Waals surface area contributed by atoms with Gasteiger partial charge in [0.2, 0.25) is 10.0 Å². The molecule has 1 aromatic rings. The average Bonchev–Trinajstić information content (AvgIpc) is 2.42. The van der Waals surface area contributed by atoms with Crippen LogP contribution < -0.4 is 0 Å². The predicted octanol–water partition coefficient (Wildman–Crippen LogP) is 3.16. The molecule has 1 fully saturated rings. The Bertz CT molecular complexity index is 575. The van der Waals surface area contributed by atoms with Crippen molar-refractivity contribution in [1.29, 1.82) is 0 Å². The molecule has 112 valence electrons. The fraction of sp³-hybridized carbons (Fsp3) is 0.571. The van der Waals surface area contributed by atoms with Crippen LogP contribution in [-0.4, -0.2) is 31.7 Å². The molecular formula is C14H19ClFNO2S. The molecule has 0 saturated carbocycles. The molecule has 1 heterocycles. The fourth-order valence-corrected chi connectivity index (χ4v) is 4.73. The molecule has 1 aliphatic heterocycles. The van der Waals surface area contributed by atoms with Crippen molar-refractivity contribution in [2.24, 2.45) is 5.92 Å². The Labute approximate surface area is 124 Å². The predicted molar refractivity (Wildman–Crippen MR) is 78.0 cm³/mol. The Hall–Kier alpha value is -0.650. The molecule has 0 spiro atoms. The van der Waals surface area contributed by atoms with Crippen molar-refractivity contribution in [3.63, 3.8) is 0 Å². The van der Waals surface area contributed by atoms with E-state index < -0.39 is 15.8 Å². The number of alkyl halides is 1. The van der Waals surface area contributed by atoms with Crippen molar-refractivity contribution in [1.82, 2.24) is 4.31 Å². The first-order valence-corrected chi connectivity index (χ1v) is 8.75. The lowest BCUT2D eigenvalue weighted by Gasteiger charge is -2.32. The van der Waals surface area contributed by atoms with Gasteiger partial charge in [0.25, 0.3) is 0 Å². The van der Waals surface area contributed by atoms with E-state index in [4.69, 9.17) is 11.6 Å². The third kappa shape index (κ3) is 3.32. The molecule has 1 aromatic carbocycles. The first kappa shape index (κ1) is 15.7. The van der Waals surface area contributed by atoms with Crippen LogP contribution in [0.5, 0.6) is 0 Å². The molecule has 1 atom stereocenters. The number of sulfonamides is 1. The summed E-state index contributed by atoms with van der Waals surface area (Å²) in [6, 6.07) is 3.89. The largest absolute Gasteiger partial charge is 0.243 e. The minimum Gasteiger partial charge on any atom is -0.207 e. The van der Waals surface area contributed by atoms with Gasteiger partial charge in [0.15, 0.2) is 0 Å². The second-order valence-electron chi connectivity index (χ2n) is 5.26. The minimum atomic E-state index is -3.62. The van der Waals surface area contributed by atoms with Crippen LogP contribution in [-0.2, 0) is 10.0 Å². The van der Waals surface area contributed by atoms with Crippen molar-refractivity contribution in [2.45, 2.75) is 31.1 Å². The summed E-state index contributed by atoms with van der Waals surface area (Å²) in [6.07, 6.45) is 2.64. The van der Waals surface area contributed by atoms with Crippen molar-refractivity contribution in [3.8, 4) is 0 Å². The molecule has 0 aliphatic carbocycles. The van der Waals surface area contributed by atoms with E-state index in [1.54, 1.807) is 6.92 Å². The number of hydrogen-bond acceptors (Lipinski definition) is 2. The molecule has 0 amide bonds. The van der Waals surface area contributed by atoms with Crippen molar-refractivity contribution in [2.75, 3.05) is 19.0 Å². The zero-order valence-corrected chi connectivity index (χ0v) is 13.1. The highest BCUT2D eigenvalue weighted by Crippen LogP contribution is 2.27. The van der Waals surface area contributed by atoms with E-state index in [1.807, 2.05) is 0 Å². The van der Waals surface area contributed by atoms with E-state index in [2.05, 4.69) is 0 Å². The van der Waals surface area contributed by atoms with Gasteiger partial charge in [-0.25, -0.2) is 12.8 Å². The quantitative estimate of drug-likeness (QED) is 0.799. The minimum absolute atomic E-state index is 0.0732. The first-order valence-electron chi connectivity index (χ1n) is 6.77. The van der Waals surface area contributed by atoms with Crippen LogP contribution in [0.15, 0.2) is 23.1 Å². The summed E-state index contributed by atoms with van der Waals surface area (Å²) in [7, 11) is -3.62.